The Morgan fingerprint density at radius 1 is 1.14 bits per heavy atom. The average Bonchev–Trinajstić information content (AvgIpc) is 3.52. The molecule has 28 heavy (non-hydrogen) atoms. The van der Waals surface area contributed by atoms with Gasteiger partial charge in [-0.15, -0.1) is 0 Å². The Morgan fingerprint density at radius 3 is 2.54 bits per heavy atom. The second-order valence-corrected chi connectivity index (χ2v) is 8.25. The van der Waals surface area contributed by atoms with Crippen LogP contribution in [0.3, 0.4) is 0 Å². The maximum atomic E-state index is 13.0. The van der Waals surface area contributed by atoms with Gasteiger partial charge in [0.2, 0.25) is 11.8 Å². The molecule has 2 aliphatic rings. The van der Waals surface area contributed by atoms with Gasteiger partial charge in [0.05, 0.1) is 18.5 Å². The maximum Gasteiger partial charge on any atom is 0.222 e. The molecule has 5 heteroatoms. The summed E-state index contributed by atoms with van der Waals surface area (Å²) in [6, 6.07) is 15.7. The summed E-state index contributed by atoms with van der Waals surface area (Å²) in [5.41, 5.74) is 3.41. The Kier molecular flexibility index (Phi) is 5.40. The molecule has 2 unspecified atom stereocenters. The summed E-state index contributed by atoms with van der Waals surface area (Å²) >= 11 is 6.01. The normalized spacial score (nSPS) is 19.6. The number of carbonyl (C=O) groups excluding carboxylic acids is 2. The summed E-state index contributed by atoms with van der Waals surface area (Å²) in [4.78, 5) is 27.0. The van der Waals surface area contributed by atoms with Crippen LogP contribution >= 0.6 is 11.6 Å². The molecule has 1 fully saturated rings. The van der Waals surface area contributed by atoms with Gasteiger partial charge >= 0.3 is 0 Å². The lowest BCUT2D eigenvalue weighted by Gasteiger charge is -2.37. The molecule has 0 saturated heterocycles. The number of hydrogen-bond acceptors (Lipinski definition) is 2. The van der Waals surface area contributed by atoms with Crippen molar-refractivity contribution >= 4 is 23.4 Å². The van der Waals surface area contributed by atoms with Crippen LogP contribution in [0.1, 0.15) is 55.0 Å². The van der Waals surface area contributed by atoms with Crippen LogP contribution in [0.25, 0.3) is 0 Å². The molecular formula is C23H25ClN2O2. The van der Waals surface area contributed by atoms with Crippen molar-refractivity contribution in [2.24, 2.45) is 5.92 Å². The smallest absolute Gasteiger partial charge is 0.222 e. The third-order valence-corrected chi connectivity index (χ3v) is 6.09. The first kappa shape index (κ1) is 19.0. The molecule has 0 spiro atoms. The molecule has 1 saturated carbocycles. The van der Waals surface area contributed by atoms with Crippen LogP contribution < -0.4 is 5.32 Å². The molecular weight excluding hydrogens is 372 g/mol. The monoisotopic (exact) mass is 396 g/mol. The predicted octanol–water partition coefficient (Wildman–Crippen LogP) is 4.44. The van der Waals surface area contributed by atoms with E-state index in [9.17, 15) is 9.59 Å². The van der Waals surface area contributed by atoms with Crippen LogP contribution in [0.2, 0.25) is 5.02 Å². The standard InChI is InChI=1S/C23H25ClN2O2/c1-15(27)26-13-12-16-4-2-3-5-20(16)21(26)14-22(28)25-23(17-6-7-17)18-8-10-19(24)11-9-18/h2-5,8-11,17,21,23H,6-7,12-14H2,1H3,(H,25,28). The molecule has 2 amide bonds. The SMILES string of the molecule is CC(=O)N1CCc2ccccc2C1CC(=O)NC(c1ccc(Cl)cc1)C1CC1. The van der Waals surface area contributed by atoms with E-state index in [0.29, 0.717) is 17.5 Å². The first-order valence-corrected chi connectivity index (χ1v) is 10.3. The maximum absolute atomic E-state index is 13.0. The van der Waals surface area contributed by atoms with Crippen LogP contribution in [0.15, 0.2) is 48.5 Å². The van der Waals surface area contributed by atoms with E-state index in [1.165, 1.54) is 5.56 Å². The van der Waals surface area contributed by atoms with Crippen LogP contribution in [0.5, 0.6) is 0 Å². The first-order chi connectivity index (χ1) is 13.5. The number of carbonyl (C=O) groups is 2. The lowest BCUT2D eigenvalue weighted by atomic mass is 9.90. The second-order valence-electron chi connectivity index (χ2n) is 7.82. The van der Waals surface area contributed by atoms with Gasteiger partial charge in [0.15, 0.2) is 0 Å². The van der Waals surface area contributed by atoms with Crippen molar-refractivity contribution in [3.8, 4) is 0 Å². The average molecular weight is 397 g/mol. The fourth-order valence-corrected chi connectivity index (χ4v) is 4.36. The minimum Gasteiger partial charge on any atom is -0.349 e. The van der Waals surface area contributed by atoms with Gasteiger partial charge in [-0.3, -0.25) is 9.59 Å². The summed E-state index contributed by atoms with van der Waals surface area (Å²) in [5.74, 6) is 0.483. The van der Waals surface area contributed by atoms with Crippen molar-refractivity contribution in [2.45, 2.75) is 44.7 Å². The fraction of sp³-hybridized carbons (Fsp3) is 0.391. The largest absolute Gasteiger partial charge is 0.349 e. The van der Waals surface area contributed by atoms with Crippen molar-refractivity contribution in [1.29, 1.82) is 0 Å². The third kappa shape index (κ3) is 4.07. The highest BCUT2D eigenvalue weighted by molar-refractivity contribution is 6.30. The van der Waals surface area contributed by atoms with Gasteiger partial charge in [-0.05, 0) is 54.0 Å². The van der Waals surface area contributed by atoms with E-state index in [4.69, 9.17) is 11.6 Å². The molecule has 1 aliphatic heterocycles. The van der Waals surface area contributed by atoms with Gasteiger partial charge in [-0.25, -0.2) is 0 Å². The van der Waals surface area contributed by atoms with Crippen LogP contribution in [0.4, 0.5) is 0 Å². The van der Waals surface area contributed by atoms with E-state index >= 15 is 0 Å². The fourth-order valence-electron chi connectivity index (χ4n) is 4.23. The van der Waals surface area contributed by atoms with E-state index < -0.39 is 0 Å². The molecule has 0 aromatic heterocycles. The number of hydrogen-bond donors (Lipinski definition) is 1. The lowest BCUT2D eigenvalue weighted by molar-refractivity contribution is -0.133. The molecule has 1 N–H and O–H groups in total. The Morgan fingerprint density at radius 2 is 1.86 bits per heavy atom. The highest BCUT2D eigenvalue weighted by Gasteiger charge is 2.35. The zero-order valence-electron chi connectivity index (χ0n) is 16.0. The van der Waals surface area contributed by atoms with E-state index in [0.717, 1.165) is 30.4 Å². The van der Waals surface area contributed by atoms with E-state index in [1.807, 2.05) is 47.4 Å². The zero-order chi connectivity index (χ0) is 19.7. The Bertz CT molecular complexity index is 876. The number of fused-ring (bicyclic) bond motifs is 1. The number of nitrogens with zero attached hydrogens (tertiary/aromatic N) is 1. The number of halogens is 1. The molecule has 2 aromatic rings. The number of amides is 2. The highest BCUT2D eigenvalue weighted by atomic mass is 35.5. The number of benzene rings is 2. The molecule has 0 bridgehead atoms. The van der Waals surface area contributed by atoms with E-state index in [1.54, 1.807) is 6.92 Å². The Balaban J connectivity index is 1.52. The molecule has 2 atom stereocenters. The van der Waals surface area contributed by atoms with Gasteiger partial charge in [-0.2, -0.15) is 0 Å². The summed E-state index contributed by atoms with van der Waals surface area (Å²) in [6.07, 6.45) is 3.37. The minimum atomic E-state index is -0.201. The number of rotatable bonds is 5. The quantitative estimate of drug-likeness (QED) is 0.812. The van der Waals surface area contributed by atoms with Gasteiger partial charge < -0.3 is 10.2 Å². The van der Waals surface area contributed by atoms with Crippen LogP contribution in [-0.4, -0.2) is 23.3 Å². The summed E-state index contributed by atoms with van der Waals surface area (Å²) < 4.78 is 0. The van der Waals surface area contributed by atoms with Gasteiger partial charge in [0.25, 0.3) is 0 Å². The topological polar surface area (TPSA) is 49.4 Å². The molecule has 1 heterocycles. The molecule has 4 nitrogen and oxygen atoms in total. The second kappa shape index (κ2) is 7.96. The summed E-state index contributed by atoms with van der Waals surface area (Å²) in [6.45, 7) is 2.24. The van der Waals surface area contributed by atoms with Crippen LogP contribution in [-0.2, 0) is 16.0 Å². The molecule has 2 aromatic carbocycles. The molecule has 1 aliphatic carbocycles. The van der Waals surface area contributed by atoms with Crippen molar-refractivity contribution in [3.63, 3.8) is 0 Å². The summed E-state index contributed by atoms with van der Waals surface area (Å²) in [7, 11) is 0. The minimum absolute atomic E-state index is 0.00868. The first-order valence-electron chi connectivity index (χ1n) is 9.93. The summed E-state index contributed by atoms with van der Waals surface area (Å²) in [5, 5.41) is 3.93. The predicted molar refractivity (Wildman–Crippen MR) is 110 cm³/mol. The number of nitrogens with one attached hydrogen (secondary N) is 1. The molecule has 4 rings (SSSR count). The van der Waals surface area contributed by atoms with Crippen molar-refractivity contribution in [1.82, 2.24) is 10.2 Å². The van der Waals surface area contributed by atoms with Gasteiger partial charge in [0.1, 0.15) is 0 Å². The van der Waals surface area contributed by atoms with Crippen molar-refractivity contribution < 1.29 is 9.59 Å². The Labute approximate surface area is 170 Å². The van der Waals surface area contributed by atoms with Crippen molar-refractivity contribution in [3.05, 3.63) is 70.2 Å². The van der Waals surface area contributed by atoms with E-state index in [2.05, 4.69) is 11.4 Å². The molecule has 0 radical (unpaired) electrons. The third-order valence-electron chi connectivity index (χ3n) is 5.83. The van der Waals surface area contributed by atoms with Crippen LogP contribution in [0, 0.1) is 5.92 Å². The van der Waals surface area contributed by atoms with Crippen molar-refractivity contribution in [2.75, 3.05) is 6.54 Å². The zero-order valence-corrected chi connectivity index (χ0v) is 16.8. The van der Waals surface area contributed by atoms with Gasteiger partial charge in [0, 0.05) is 18.5 Å². The Hall–Kier alpha value is -2.33. The van der Waals surface area contributed by atoms with E-state index in [-0.39, 0.29) is 30.3 Å². The molecule has 146 valence electrons. The van der Waals surface area contributed by atoms with Gasteiger partial charge in [-0.1, -0.05) is 48.0 Å². The highest BCUT2D eigenvalue weighted by Crippen LogP contribution is 2.41. The lowest BCUT2D eigenvalue weighted by Crippen LogP contribution is -2.41.